The van der Waals surface area contributed by atoms with E-state index in [-0.39, 0.29) is 74.9 Å². The van der Waals surface area contributed by atoms with Gasteiger partial charge in [0.15, 0.2) is 0 Å². The van der Waals surface area contributed by atoms with Crippen LogP contribution in [0.2, 0.25) is 0 Å². The molecule has 0 aliphatic carbocycles. The minimum atomic E-state index is -0.973. The normalized spacial score (nSPS) is 19.0. The van der Waals surface area contributed by atoms with Gasteiger partial charge in [0.2, 0.25) is 23.6 Å². The SMILES string of the molecule is Cc1ncsc1-c1ccc([C@H](C)NC(=O)[C@@H]2C[C@@H](O)CN2C(=O)[C@@H](NC(=O)CCOCCNC(=O)c2ccc(-c3cc(N4CCC(C(=O)N5N=CCC5c5ccccc5)CC4)ncn3)cc2)C(C)(C)C)cc1. The molecule has 4 N–H and O–H groups in total. The monoisotopic (exact) mass is 996 g/mol. The standard InChI is InChI=1S/C54H64N10O7S/c1-34(36-11-15-39(16-12-36)48-35(2)58-33-72-48)60-51(68)45-29-42(65)31-63(45)53(70)49(54(3,4)5)61-47(66)22-27-71-28-24-55-50(67)40-17-13-37(14-18-40)43-30-46(57-32-56-43)62-25-20-41(21-26-62)52(69)64-44(19-23-59-64)38-9-7-6-8-10-38/h6-18,23,30,32-34,41-42,44-45,49,65H,19-22,24-29,31H2,1-5H3,(H,55,67)(H,60,68)(H,61,66)/t34-,42+,44?,45-,49+/m0/s1. The number of ether oxygens (including phenoxy) is 1. The predicted octanol–water partition coefficient (Wildman–Crippen LogP) is 6.26. The van der Waals surface area contributed by atoms with Gasteiger partial charge in [-0.2, -0.15) is 5.10 Å². The molecule has 0 saturated carbocycles. The number of anilines is 1. The summed E-state index contributed by atoms with van der Waals surface area (Å²) in [5.74, 6) is -0.798. The van der Waals surface area contributed by atoms with Crippen molar-refractivity contribution in [3.8, 4) is 21.7 Å². The molecule has 5 heterocycles. The first-order valence-electron chi connectivity index (χ1n) is 24.7. The molecule has 3 aliphatic rings. The average molecular weight is 997 g/mol. The third-order valence-corrected chi connectivity index (χ3v) is 14.5. The van der Waals surface area contributed by atoms with Crippen LogP contribution in [0.1, 0.15) is 99.1 Å². The Balaban J connectivity index is 0.751. The minimum absolute atomic E-state index is 0.0310. The van der Waals surface area contributed by atoms with Crippen LogP contribution in [0.4, 0.5) is 5.82 Å². The largest absolute Gasteiger partial charge is 0.391 e. The maximum Gasteiger partial charge on any atom is 0.251 e. The number of β-amino-alcohol motifs (C(OH)–C–C–N with tert-alkyl or cyclic N) is 1. The van der Waals surface area contributed by atoms with Crippen LogP contribution in [-0.4, -0.2) is 123 Å². The molecule has 72 heavy (non-hydrogen) atoms. The van der Waals surface area contributed by atoms with E-state index in [0.29, 0.717) is 43.6 Å². The number of nitrogens with one attached hydrogen (secondary N) is 3. The molecule has 378 valence electrons. The molecule has 5 atom stereocenters. The summed E-state index contributed by atoms with van der Waals surface area (Å²) < 4.78 is 5.68. The van der Waals surface area contributed by atoms with Crippen LogP contribution in [0.25, 0.3) is 21.7 Å². The first kappa shape index (κ1) is 51.5. The number of aliphatic hydroxyl groups excluding tert-OH is 1. The highest BCUT2D eigenvalue weighted by Gasteiger charge is 2.45. The van der Waals surface area contributed by atoms with Gasteiger partial charge in [-0.3, -0.25) is 24.0 Å². The van der Waals surface area contributed by atoms with Gasteiger partial charge in [-0.15, -0.1) is 11.3 Å². The topological polar surface area (TPSA) is 212 Å². The van der Waals surface area contributed by atoms with Gasteiger partial charge in [0.1, 0.15) is 24.2 Å². The summed E-state index contributed by atoms with van der Waals surface area (Å²) in [4.78, 5) is 85.5. The van der Waals surface area contributed by atoms with Crippen LogP contribution in [0.5, 0.6) is 0 Å². The number of aliphatic hydroxyl groups is 1. The number of hydrazone groups is 1. The van der Waals surface area contributed by atoms with Crippen LogP contribution in [-0.2, 0) is 23.9 Å². The Morgan fingerprint density at radius 3 is 2.31 bits per heavy atom. The molecule has 2 saturated heterocycles. The van der Waals surface area contributed by atoms with E-state index < -0.39 is 35.4 Å². The smallest absolute Gasteiger partial charge is 0.251 e. The van der Waals surface area contributed by atoms with Gasteiger partial charge in [-0.05, 0) is 60.9 Å². The van der Waals surface area contributed by atoms with Crippen LogP contribution in [0.3, 0.4) is 0 Å². The highest BCUT2D eigenvalue weighted by Crippen LogP contribution is 2.34. The quantitative estimate of drug-likeness (QED) is 0.0764. The molecule has 18 heteroatoms. The molecule has 0 radical (unpaired) electrons. The average Bonchev–Trinajstić information content (AvgIpc) is 4.16. The van der Waals surface area contributed by atoms with Crippen molar-refractivity contribution in [2.45, 2.75) is 97.0 Å². The molecule has 3 aliphatic heterocycles. The van der Waals surface area contributed by atoms with Crippen molar-refractivity contribution in [2.75, 3.05) is 44.3 Å². The van der Waals surface area contributed by atoms with Crippen molar-refractivity contribution in [3.05, 3.63) is 119 Å². The van der Waals surface area contributed by atoms with E-state index >= 15 is 0 Å². The van der Waals surface area contributed by atoms with Gasteiger partial charge in [0.05, 0.1) is 53.2 Å². The van der Waals surface area contributed by atoms with E-state index in [1.807, 2.05) is 119 Å². The molecule has 2 aromatic heterocycles. The second-order valence-corrected chi connectivity index (χ2v) is 20.6. The molecular weight excluding hydrogens is 933 g/mol. The van der Waals surface area contributed by atoms with Crippen LogP contribution in [0.15, 0.2) is 102 Å². The number of aryl methyl sites for hydroxylation is 1. The summed E-state index contributed by atoms with van der Waals surface area (Å²) in [5, 5.41) is 25.5. The summed E-state index contributed by atoms with van der Waals surface area (Å²) in [7, 11) is 0. The van der Waals surface area contributed by atoms with Gasteiger partial charge >= 0.3 is 0 Å². The summed E-state index contributed by atoms with van der Waals surface area (Å²) >= 11 is 1.57. The number of aromatic nitrogens is 3. The van der Waals surface area contributed by atoms with E-state index in [4.69, 9.17) is 4.74 Å². The zero-order valence-electron chi connectivity index (χ0n) is 41.5. The molecule has 0 bridgehead atoms. The molecule has 17 nitrogen and oxygen atoms in total. The number of rotatable bonds is 17. The van der Waals surface area contributed by atoms with Gasteiger partial charge < -0.3 is 35.6 Å². The maximum atomic E-state index is 14.1. The summed E-state index contributed by atoms with van der Waals surface area (Å²) in [6.07, 6.45) is 4.61. The Morgan fingerprint density at radius 2 is 1.61 bits per heavy atom. The van der Waals surface area contributed by atoms with E-state index in [0.717, 1.165) is 38.6 Å². The van der Waals surface area contributed by atoms with Gasteiger partial charge in [-0.1, -0.05) is 87.5 Å². The number of thiazole rings is 1. The van der Waals surface area contributed by atoms with Crippen LogP contribution in [0, 0.1) is 18.3 Å². The first-order valence-corrected chi connectivity index (χ1v) is 25.5. The van der Waals surface area contributed by atoms with E-state index in [2.05, 4.69) is 40.9 Å². The number of amides is 5. The highest BCUT2D eigenvalue weighted by molar-refractivity contribution is 7.13. The molecule has 8 rings (SSSR count). The Hall–Kier alpha value is -6.89. The lowest BCUT2D eigenvalue weighted by Gasteiger charge is -2.35. The number of benzene rings is 3. The van der Waals surface area contributed by atoms with Gasteiger partial charge in [0.25, 0.3) is 5.91 Å². The number of nitrogens with zero attached hydrogens (tertiary/aromatic N) is 7. The molecule has 5 amide bonds. The Kier molecular flexibility index (Phi) is 16.5. The number of hydrogen-bond donors (Lipinski definition) is 4. The Labute approximate surface area is 424 Å². The Bertz CT molecular complexity index is 2720. The summed E-state index contributed by atoms with van der Waals surface area (Å²) in [5.41, 5.74) is 7.07. The lowest BCUT2D eigenvalue weighted by atomic mass is 9.85. The molecule has 3 aromatic carbocycles. The van der Waals surface area contributed by atoms with Crippen molar-refractivity contribution < 1.29 is 33.8 Å². The maximum absolute atomic E-state index is 14.1. The molecule has 0 spiro atoms. The fourth-order valence-electron chi connectivity index (χ4n) is 9.45. The lowest BCUT2D eigenvalue weighted by molar-refractivity contribution is -0.144. The molecular formula is C54H64N10O7S. The number of carbonyl (C=O) groups excluding carboxylic acids is 5. The second-order valence-electron chi connectivity index (χ2n) is 19.7. The molecule has 5 aromatic rings. The molecule has 1 unspecified atom stereocenters. The minimum Gasteiger partial charge on any atom is -0.391 e. The van der Waals surface area contributed by atoms with Crippen LogP contribution >= 0.6 is 11.3 Å². The number of hydrogen-bond acceptors (Lipinski definition) is 13. The van der Waals surface area contributed by atoms with Crippen molar-refractivity contribution in [2.24, 2.45) is 16.4 Å². The zero-order chi connectivity index (χ0) is 50.9. The van der Waals surface area contributed by atoms with Gasteiger partial charge in [0, 0.05) is 74.8 Å². The van der Waals surface area contributed by atoms with Crippen LogP contribution < -0.4 is 20.9 Å². The number of piperidine rings is 1. The second kappa shape index (κ2) is 23.1. The number of likely N-dealkylation sites (tertiary alicyclic amines) is 1. The third kappa shape index (κ3) is 12.4. The number of carbonyl (C=O) groups is 5. The van der Waals surface area contributed by atoms with Crippen molar-refractivity contribution >= 4 is 52.9 Å². The van der Waals surface area contributed by atoms with E-state index in [9.17, 15) is 29.1 Å². The van der Waals surface area contributed by atoms with Crippen molar-refractivity contribution in [3.63, 3.8) is 0 Å². The lowest BCUT2D eigenvalue weighted by Crippen LogP contribution is -2.58. The Morgan fingerprint density at radius 1 is 0.889 bits per heavy atom. The highest BCUT2D eigenvalue weighted by atomic mass is 32.1. The van der Waals surface area contributed by atoms with Crippen molar-refractivity contribution in [1.82, 2.24) is 40.8 Å². The predicted molar refractivity (Wildman–Crippen MR) is 276 cm³/mol. The summed E-state index contributed by atoms with van der Waals surface area (Å²) in [6, 6.07) is 24.7. The van der Waals surface area contributed by atoms with Crippen molar-refractivity contribution in [1.29, 1.82) is 0 Å². The third-order valence-electron chi connectivity index (χ3n) is 13.6. The van der Waals surface area contributed by atoms with E-state index in [1.165, 1.54) is 11.2 Å². The fourth-order valence-corrected chi connectivity index (χ4v) is 10.3. The van der Waals surface area contributed by atoms with E-state index in [1.54, 1.807) is 28.5 Å². The zero-order valence-corrected chi connectivity index (χ0v) is 42.3. The fraction of sp³-hybridized carbons (Fsp3) is 0.426. The van der Waals surface area contributed by atoms with Gasteiger partial charge in [-0.25, -0.2) is 20.0 Å². The first-order chi connectivity index (χ1) is 34.6. The summed E-state index contributed by atoms with van der Waals surface area (Å²) in [6.45, 7) is 11.1. The molecule has 2 fully saturated rings.